The highest BCUT2D eigenvalue weighted by atomic mass is 79.9. The minimum absolute atomic E-state index is 0.656. The summed E-state index contributed by atoms with van der Waals surface area (Å²) in [5, 5.41) is 3.28. The molecule has 0 bridgehead atoms. The number of halogens is 1. The van der Waals surface area contributed by atoms with Gasteiger partial charge in [-0.3, -0.25) is 0 Å². The van der Waals surface area contributed by atoms with E-state index in [-0.39, 0.29) is 0 Å². The largest absolute Gasteiger partial charge is 0.494 e. The van der Waals surface area contributed by atoms with Gasteiger partial charge in [-0.15, -0.1) is 0 Å². The highest BCUT2D eigenvalue weighted by Gasteiger charge is 2.04. The molecule has 0 aliphatic heterocycles. The van der Waals surface area contributed by atoms with Gasteiger partial charge in [0.15, 0.2) is 0 Å². The molecule has 0 saturated heterocycles. The molecule has 2 aromatic rings. The molecule has 0 aliphatic carbocycles. The first-order valence-corrected chi connectivity index (χ1v) is 7.54. The van der Waals surface area contributed by atoms with E-state index in [0.717, 1.165) is 40.5 Å². The summed E-state index contributed by atoms with van der Waals surface area (Å²) < 4.78 is 6.28. The van der Waals surface area contributed by atoms with Crippen LogP contribution in [0.5, 0.6) is 5.75 Å². The molecule has 0 fully saturated rings. The molecule has 0 aliphatic rings. The highest BCUT2D eigenvalue weighted by Crippen LogP contribution is 2.22. The number of aromatic nitrogens is 2. The lowest BCUT2D eigenvalue weighted by atomic mass is 10.3. The van der Waals surface area contributed by atoms with E-state index in [1.54, 1.807) is 0 Å². The molecule has 0 amide bonds. The van der Waals surface area contributed by atoms with Crippen molar-refractivity contribution in [3.63, 3.8) is 0 Å². The second-order valence-electron chi connectivity index (χ2n) is 4.33. The third kappa shape index (κ3) is 4.20. The summed E-state index contributed by atoms with van der Waals surface area (Å²) in [6.45, 7) is 4.74. The molecule has 0 unspecified atom stereocenters. The number of benzene rings is 1. The fourth-order valence-electron chi connectivity index (χ4n) is 1.84. The second-order valence-corrected chi connectivity index (χ2v) is 5.14. The van der Waals surface area contributed by atoms with Crippen molar-refractivity contribution in [1.82, 2.24) is 9.97 Å². The molecule has 4 nitrogen and oxygen atoms in total. The number of anilines is 2. The Balaban J connectivity index is 2.18. The predicted octanol–water partition coefficient (Wildman–Crippen LogP) is 4.33. The molecule has 106 valence electrons. The van der Waals surface area contributed by atoms with Crippen molar-refractivity contribution in [2.24, 2.45) is 0 Å². The third-order valence-electron chi connectivity index (χ3n) is 2.63. The molecule has 0 atom stereocenters. The van der Waals surface area contributed by atoms with E-state index in [1.807, 2.05) is 37.3 Å². The topological polar surface area (TPSA) is 47.0 Å². The first kappa shape index (κ1) is 14.8. The number of hydrogen-bond acceptors (Lipinski definition) is 4. The SMILES string of the molecule is CCCc1nc(Br)cc(Nc2cccc(OCC)c2)n1. The van der Waals surface area contributed by atoms with E-state index in [2.05, 4.69) is 38.1 Å². The van der Waals surface area contributed by atoms with Crippen LogP contribution in [0.4, 0.5) is 11.5 Å². The van der Waals surface area contributed by atoms with Gasteiger partial charge < -0.3 is 10.1 Å². The van der Waals surface area contributed by atoms with Gasteiger partial charge in [0.25, 0.3) is 0 Å². The van der Waals surface area contributed by atoms with Crippen LogP contribution in [0.2, 0.25) is 0 Å². The van der Waals surface area contributed by atoms with Gasteiger partial charge in [-0.1, -0.05) is 13.0 Å². The van der Waals surface area contributed by atoms with Gasteiger partial charge in [0.1, 0.15) is 22.0 Å². The van der Waals surface area contributed by atoms with Gasteiger partial charge in [-0.2, -0.15) is 0 Å². The fourth-order valence-corrected chi connectivity index (χ4v) is 2.26. The van der Waals surface area contributed by atoms with Crippen LogP contribution in [0.15, 0.2) is 34.9 Å². The first-order valence-electron chi connectivity index (χ1n) is 6.74. The maximum atomic E-state index is 5.49. The Hall–Kier alpha value is -1.62. The van der Waals surface area contributed by atoms with E-state index < -0.39 is 0 Å². The monoisotopic (exact) mass is 335 g/mol. The van der Waals surface area contributed by atoms with Crippen LogP contribution < -0.4 is 10.1 Å². The molecule has 5 heteroatoms. The summed E-state index contributed by atoms with van der Waals surface area (Å²) in [6.07, 6.45) is 1.89. The number of nitrogens with one attached hydrogen (secondary N) is 1. The summed E-state index contributed by atoms with van der Waals surface area (Å²) in [7, 11) is 0. The molecule has 1 N–H and O–H groups in total. The van der Waals surface area contributed by atoms with Crippen LogP contribution >= 0.6 is 15.9 Å². The van der Waals surface area contributed by atoms with Gasteiger partial charge in [0, 0.05) is 24.2 Å². The zero-order valence-electron chi connectivity index (χ0n) is 11.7. The van der Waals surface area contributed by atoms with Gasteiger partial charge in [-0.25, -0.2) is 9.97 Å². The number of aryl methyl sites for hydroxylation is 1. The van der Waals surface area contributed by atoms with Crippen molar-refractivity contribution in [1.29, 1.82) is 0 Å². The maximum absolute atomic E-state index is 5.49. The minimum atomic E-state index is 0.656. The van der Waals surface area contributed by atoms with Crippen LogP contribution in [0, 0.1) is 0 Å². The fraction of sp³-hybridized carbons (Fsp3) is 0.333. The summed E-state index contributed by atoms with van der Waals surface area (Å²) in [6, 6.07) is 9.70. The molecule has 1 aromatic carbocycles. The van der Waals surface area contributed by atoms with Crippen LogP contribution in [0.3, 0.4) is 0 Å². The predicted molar refractivity (Wildman–Crippen MR) is 84.6 cm³/mol. The van der Waals surface area contributed by atoms with E-state index in [1.165, 1.54) is 0 Å². The number of ether oxygens (including phenoxy) is 1. The van der Waals surface area contributed by atoms with Crippen LogP contribution in [0.25, 0.3) is 0 Å². The molecule has 0 saturated carbocycles. The Morgan fingerprint density at radius 1 is 1.20 bits per heavy atom. The lowest BCUT2D eigenvalue weighted by molar-refractivity contribution is 0.340. The van der Waals surface area contributed by atoms with Crippen LogP contribution in [-0.2, 0) is 6.42 Å². The minimum Gasteiger partial charge on any atom is -0.494 e. The lowest BCUT2D eigenvalue weighted by Crippen LogP contribution is -2.01. The molecule has 0 spiro atoms. The maximum Gasteiger partial charge on any atom is 0.135 e. The number of hydrogen-bond donors (Lipinski definition) is 1. The number of nitrogens with zero attached hydrogens (tertiary/aromatic N) is 2. The summed E-state index contributed by atoms with van der Waals surface area (Å²) in [4.78, 5) is 8.85. The normalized spacial score (nSPS) is 10.3. The Bertz CT molecular complexity index is 575. The Kier molecular flexibility index (Phi) is 5.35. The molecule has 20 heavy (non-hydrogen) atoms. The van der Waals surface area contributed by atoms with Crippen molar-refractivity contribution < 1.29 is 4.74 Å². The molecule has 0 radical (unpaired) electrons. The van der Waals surface area contributed by atoms with Crippen molar-refractivity contribution in [3.8, 4) is 5.75 Å². The number of rotatable bonds is 6. The van der Waals surface area contributed by atoms with E-state index in [0.29, 0.717) is 6.61 Å². The first-order chi connectivity index (χ1) is 9.71. The lowest BCUT2D eigenvalue weighted by Gasteiger charge is -2.09. The zero-order valence-corrected chi connectivity index (χ0v) is 13.3. The van der Waals surface area contributed by atoms with Gasteiger partial charge in [-0.05, 0) is 41.4 Å². The van der Waals surface area contributed by atoms with Crippen molar-refractivity contribution in [3.05, 3.63) is 40.8 Å². The summed E-state index contributed by atoms with van der Waals surface area (Å²) >= 11 is 3.42. The van der Waals surface area contributed by atoms with Crippen LogP contribution in [-0.4, -0.2) is 16.6 Å². The quantitative estimate of drug-likeness (QED) is 0.798. The molecule has 1 heterocycles. The standard InChI is InChI=1S/C15H18BrN3O/c1-3-6-14-18-13(16)10-15(19-14)17-11-7-5-8-12(9-11)20-4-2/h5,7-10H,3-4,6H2,1-2H3,(H,17,18,19). The average molecular weight is 336 g/mol. The molecular weight excluding hydrogens is 318 g/mol. The second kappa shape index (κ2) is 7.24. The highest BCUT2D eigenvalue weighted by molar-refractivity contribution is 9.10. The van der Waals surface area contributed by atoms with Gasteiger partial charge in [0.05, 0.1) is 6.61 Å². The summed E-state index contributed by atoms with van der Waals surface area (Å²) in [5.41, 5.74) is 0.948. The zero-order chi connectivity index (χ0) is 14.4. The van der Waals surface area contributed by atoms with E-state index in [9.17, 15) is 0 Å². The Labute approximate surface area is 127 Å². The molecule has 2 rings (SSSR count). The third-order valence-corrected chi connectivity index (χ3v) is 3.04. The van der Waals surface area contributed by atoms with Gasteiger partial charge in [0.2, 0.25) is 0 Å². The molecular formula is C15H18BrN3O. The van der Waals surface area contributed by atoms with Crippen molar-refractivity contribution >= 4 is 27.4 Å². The Morgan fingerprint density at radius 3 is 2.80 bits per heavy atom. The average Bonchev–Trinajstić information content (AvgIpc) is 2.39. The smallest absolute Gasteiger partial charge is 0.135 e. The Morgan fingerprint density at radius 2 is 2.05 bits per heavy atom. The van der Waals surface area contributed by atoms with Crippen LogP contribution in [0.1, 0.15) is 26.1 Å². The van der Waals surface area contributed by atoms with Crippen molar-refractivity contribution in [2.45, 2.75) is 26.7 Å². The van der Waals surface area contributed by atoms with Crippen molar-refractivity contribution in [2.75, 3.05) is 11.9 Å². The summed E-state index contributed by atoms with van der Waals surface area (Å²) in [5.74, 6) is 2.47. The van der Waals surface area contributed by atoms with E-state index in [4.69, 9.17) is 4.74 Å². The van der Waals surface area contributed by atoms with Gasteiger partial charge >= 0.3 is 0 Å². The van der Waals surface area contributed by atoms with E-state index >= 15 is 0 Å². The molecule has 1 aromatic heterocycles.